The third kappa shape index (κ3) is 3.28. The zero-order valence-electron chi connectivity index (χ0n) is 15.4. The maximum atomic E-state index is 12.6. The molecule has 2 saturated heterocycles. The average Bonchev–Trinajstić information content (AvgIpc) is 3.41. The molecule has 2 aromatic rings. The Hall–Kier alpha value is -2.74. The number of carbonyl (C=O) groups excluding carboxylic acids is 2. The van der Waals surface area contributed by atoms with Gasteiger partial charge < -0.3 is 15.1 Å². The van der Waals surface area contributed by atoms with Gasteiger partial charge in [-0.05, 0) is 29.7 Å². The third-order valence-electron chi connectivity index (χ3n) is 5.77. The second-order valence-electron chi connectivity index (χ2n) is 7.64. The molecule has 0 unspecified atom stereocenters. The van der Waals surface area contributed by atoms with Gasteiger partial charge in [0.05, 0.1) is 0 Å². The van der Waals surface area contributed by atoms with E-state index in [1.54, 1.807) is 23.6 Å². The number of nitrogens with one attached hydrogen (secondary N) is 1. The van der Waals surface area contributed by atoms with E-state index in [9.17, 15) is 9.59 Å². The van der Waals surface area contributed by atoms with Crippen LogP contribution < -0.4 is 10.2 Å². The van der Waals surface area contributed by atoms with Crippen molar-refractivity contribution < 1.29 is 9.59 Å². The summed E-state index contributed by atoms with van der Waals surface area (Å²) in [5.74, 6) is 1.75. The number of fused-ring (bicyclic) bond motifs is 2. The summed E-state index contributed by atoms with van der Waals surface area (Å²) in [6, 6.07) is 2.00. The zero-order valence-corrected chi connectivity index (χ0v) is 16.2. The molecule has 0 radical (unpaired) electrons. The van der Waals surface area contributed by atoms with Crippen LogP contribution in [0.5, 0.6) is 0 Å². The molecule has 0 spiro atoms. The van der Waals surface area contributed by atoms with E-state index in [1.165, 1.54) is 0 Å². The van der Waals surface area contributed by atoms with Crippen molar-refractivity contribution in [3.8, 4) is 0 Å². The van der Waals surface area contributed by atoms with Gasteiger partial charge in [-0.3, -0.25) is 9.59 Å². The van der Waals surface area contributed by atoms with E-state index in [1.807, 2.05) is 28.6 Å². The second-order valence-corrected chi connectivity index (χ2v) is 8.51. The predicted octanol–water partition coefficient (Wildman–Crippen LogP) is 2.03. The second kappa shape index (κ2) is 7.01. The Morgan fingerprint density at radius 2 is 2.00 bits per heavy atom. The molecule has 0 aliphatic carbocycles. The molecule has 2 atom stereocenters. The number of thiazole rings is 1. The van der Waals surface area contributed by atoms with Crippen LogP contribution in [0.4, 0.5) is 10.9 Å². The minimum Gasteiger partial charge on any atom is -0.347 e. The van der Waals surface area contributed by atoms with Crippen LogP contribution in [0.1, 0.15) is 17.5 Å². The number of aryl methyl sites for hydroxylation is 1. The van der Waals surface area contributed by atoms with Crippen LogP contribution in [-0.2, 0) is 16.0 Å². The number of hydrogen-bond acceptors (Lipinski definition) is 6. The van der Waals surface area contributed by atoms with Crippen LogP contribution in [0, 0.1) is 11.8 Å². The molecule has 2 fully saturated rings. The molecule has 1 N–H and O–H groups in total. The Kier molecular flexibility index (Phi) is 4.35. The molecule has 2 aromatic heterocycles. The number of amides is 2. The molecule has 0 bridgehead atoms. The number of anilines is 2. The normalized spacial score (nSPS) is 23.8. The largest absolute Gasteiger partial charge is 0.347 e. The van der Waals surface area contributed by atoms with E-state index < -0.39 is 0 Å². The first-order valence-electron chi connectivity index (χ1n) is 9.56. The van der Waals surface area contributed by atoms with Crippen molar-refractivity contribution in [2.45, 2.75) is 12.8 Å². The lowest BCUT2D eigenvalue weighted by Crippen LogP contribution is -2.32. The van der Waals surface area contributed by atoms with Crippen molar-refractivity contribution in [2.75, 3.05) is 36.4 Å². The van der Waals surface area contributed by atoms with Crippen molar-refractivity contribution in [1.82, 2.24) is 14.9 Å². The monoisotopic (exact) mass is 395 g/mol. The molecule has 8 heteroatoms. The standard InChI is InChI=1S/C20H21N5O2S/c26-17-3-2-14-7-13(8-22-19(14)23-17)1-4-18(27)24-9-15-11-25(12-16(15)10-24)20-21-5-6-28-20/h1,4-8,15-16H,2-3,9-12H2,(H,22,23,26)/t15-,16+. The van der Waals surface area contributed by atoms with Crippen molar-refractivity contribution in [3.05, 3.63) is 41.0 Å². The highest BCUT2D eigenvalue weighted by Gasteiger charge is 2.41. The maximum absolute atomic E-state index is 12.6. The number of likely N-dealkylation sites (tertiary alicyclic amines) is 1. The molecule has 5 heterocycles. The smallest absolute Gasteiger partial charge is 0.246 e. The van der Waals surface area contributed by atoms with E-state index in [4.69, 9.17) is 0 Å². The van der Waals surface area contributed by atoms with Crippen LogP contribution in [-0.4, -0.2) is 52.9 Å². The van der Waals surface area contributed by atoms with Gasteiger partial charge in [-0.2, -0.15) is 0 Å². The number of carbonyl (C=O) groups is 2. The molecular formula is C20H21N5O2S. The molecule has 0 aromatic carbocycles. The Labute approximate surface area is 167 Å². The Morgan fingerprint density at radius 3 is 2.75 bits per heavy atom. The number of aromatic nitrogens is 2. The van der Waals surface area contributed by atoms with E-state index in [2.05, 4.69) is 20.2 Å². The quantitative estimate of drug-likeness (QED) is 0.805. The molecule has 3 aliphatic heterocycles. The van der Waals surface area contributed by atoms with E-state index in [-0.39, 0.29) is 11.8 Å². The topological polar surface area (TPSA) is 78.4 Å². The summed E-state index contributed by atoms with van der Waals surface area (Å²) in [5, 5.41) is 5.87. The van der Waals surface area contributed by atoms with E-state index in [0.717, 1.165) is 42.4 Å². The first-order chi connectivity index (χ1) is 13.7. The summed E-state index contributed by atoms with van der Waals surface area (Å²) in [4.78, 5) is 37.1. The molecule has 3 aliphatic rings. The van der Waals surface area contributed by atoms with Gasteiger partial charge in [0, 0.05) is 68.3 Å². The first-order valence-corrected chi connectivity index (χ1v) is 10.4. The molecule has 28 heavy (non-hydrogen) atoms. The van der Waals surface area contributed by atoms with Gasteiger partial charge in [-0.25, -0.2) is 9.97 Å². The van der Waals surface area contributed by atoms with Gasteiger partial charge in [0.15, 0.2) is 5.13 Å². The fraction of sp³-hybridized carbons (Fsp3) is 0.400. The van der Waals surface area contributed by atoms with E-state index in [0.29, 0.717) is 30.5 Å². The zero-order chi connectivity index (χ0) is 19.1. The van der Waals surface area contributed by atoms with Crippen LogP contribution in [0.15, 0.2) is 29.9 Å². The van der Waals surface area contributed by atoms with Crippen LogP contribution in [0.25, 0.3) is 6.08 Å². The Bertz CT molecular complexity index is 928. The summed E-state index contributed by atoms with van der Waals surface area (Å²) in [6.45, 7) is 3.58. The first kappa shape index (κ1) is 17.4. The minimum absolute atomic E-state index is 0.00600. The van der Waals surface area contributed by atoms with Gasteiger partial charge in [0.25, 0.3) is 0 Å². The molecule has 5 rings (SSSR count). The number of rotatable bonds is 3. The van der Waals surface area contributed by atoms with Crippen molar-refractivity contribution in [3.63, 3.8) is 0 Å². The minimum atomic E-state index is 0.00600. The van der Waals surface area contributed by atoms with Gasteiger partial charge in [-0.15, -0.1) is 11.3 Å². The summed E-state index contributed by atoms with van der Waals surface area (Å²) in [7, 11) is 0. The Balaban J connectivity index is 1.20. The van der Waals surface area contributed by atoms with Gasteiger partial charge >= 0.3 is 0 Å². The van der Waals surface area contributed by atoms with Crippen LogP contribution in [0.3, 0.4) is 0 Å². The molecule has 0 saturated carbocycles. The molecule has 2 amide bonds. The number of pyridine rings is 1. The lowest BCUT2D eigenvalue weighted by Gasteiger charge is -2.20. The lowest BCUT2D eigenvalue weighted by molar-refractivity contribution is -0.125. The van der Waals surface area contributed by atoms with Gasteiger partial charge in [0.1, 0.15) is 5.82 Å². The van der Waals surface area contributed by atoms with Crippen LogP contribution >= 0.6 is 11.3 Å². The highest BCUT2D eigenvalue weighted by molar-refractivity contribution is 7.13. The predicted molar refractivity (Wildman–Crippen MR) is 108 cm³/mol. The highest BCUT2D eigenvalue weighted by atomic mass is 32.1. The number of hydrogen-bond donors (Lipinski definition) is 1. The van der Waals surface area contributed by atoms with E-state index >= 15 is 0 Å². The van der Waals surface area contributed by atoms with Gasteiger partial charge in [0.2, 0.25) is 11.8 Å². The van der Waals surface area contributed by atoms with Crippen molar-refractivity contribution in [2.24, 2.45) is 11.8 Å². The fourth-order valence-corrected chi connectivity index (χ4v) is 5.00. The summed E-state index contributed by atoms with van der Waals surface area (Å²) < 4.78 is 0. The third-order valence-corrected chi connectivity index (χ3v) is 6.61. The average molecular weight is 395 g/mol. The maximum Gasteiger partial charge on any atom is 0.246 e. The Morgan fingerprint density at radius 1 is 1.18 bits per heavy atom. The fourth-order valence-electron chi connectivity index (χ4n) is 4.34. The summed E-state index contributed by atoms with van der Waals surface area (Å²) in [6.07, 6.45) is 8.17. The molecule has 7 nitrogen and oxygen atoms in total. The van der Waals surface area contributed by atoms with Crippen molar-refractivity contribution in [1.29, 1.82) is 0 Å². The summed E-state index contributed by atoms with van der Waals surface area (Å²) in [5.41, 5.74) is 1.91. The molecular weight excluding hydrogens is 374 g/mol. The van der Waals surface area contributed by atoms with Crippen molar-refractivity contribution >= 4 is 40.2 Å². The molecule has 144 valence electrons. The lowest BCUT2D eigenvalue weighted by atomic mass is 10.0. The highest BCUT2D eigenvalue weighted by Crippen LogP contribution is 2.34. The summed E-state index contributed by atoms with van der Waals surface area (Å²) >= 11 is 1.68. The SMILES string of the molecule is O=C1CCc2cc(C=CC(=O)N3C[C@@H]4CN(c5nccs5)C[C@@H]4C3)cnc2N1. The van der Waals surface area contributed by atoms with Gasteiger partial charge in [-0.1, -0.05) is 0 Å². The van der Waals surface area contributed by atoms with Crippen LogP contribution in [0.2, 0.25) is 0 Å². The number of nitrogens with zero attached hydrogens (tertiary/aromatic N) is 4.